The highest BCUT2D eigenvalue weighted by molar-refractivity contribution is 9.10. The Kier molecular flexibility index (Phi) is 6.00. The molecule has 1 rings (SSSR count). The van der Waals surface area contributed by atoms with Gasteiger partial charge in [-0.2, -0.15) is 0 Å². The van der Waals surface area contributed by atoms with Crippen molar-refractivity contribution in [3.63, 3.8) is 0 Å². The van der Waals surface area contributed by atoms with Crippen LogP contribution in [0.1, 0.15) is 13.3 Å². The van der Waals surface area contributed by atoms with E-state index in [4.69, 9.17) is 9.84 Å². The van der Waals surface area contributed by atoms with Crippen molar-refractivity contribution in [2.24, 2.45) is 0 Å². The van der Waals surface area contributed by atoms with Crippen LogP contribution in [0.3, 0.4) is 0 Å². The van der Waals surface area contributed by atoms with E-state index in [0.717, 1.165) is 4.47 Å². The first-order valence-corrected chi connectivity index (χ1v) is 6.20. The third kappa shape index (κ3) is 6.28. The normalized spacial score (nSPS) is 11.9. The molecule has 0 aliphatic heterocycles. The van der Waals surface area contributed by atoms with Gasteiger partial charge >= 0.3 is 0 Å². The summed E-state index contributed by atoms with van der Waals surface area (Å²) in [6.45, 7) is 2.12. The summed E-state index contributed by atoms with van der Waals surface area (Å²) in [5.74, 6) is 0.454. The molecule has 0 bridgehead atoms. The zero-order valence-electron chi connectivity index (χ0n) is 9.65. The maximum atomic E-state index is 11.4. The van der Waals surface area contributed by atoms with Crippen LogP contribution in [0.15, 0.2) is 28.7 Å². The molecule has 1 unspecified atom stereocenters. The second-order valence-corrected chi connectivity index (χ2v) is 4.65. The van der Waals surface area contributed by atoms with Crippen LogP contribution in [0.4, 0.5) is 0 Å². The highest BCUT2D eigenvalue weighted by Gasteiger charge is 2.03. The molecule has 0 aliphatic rings. The Labute approximate surface area is 109 Å². The van der Waals surface area contributed by atoms with Gasteiger partial charge in [0.2, 0.25) is 0 Å². The summed E-state index contributed by atoms with van der Waals surface area (Å²) in [5, 5.41) is 11.7. The lowest BCUT2D eigenvalue weighted by Gasteiger charge is -2.08. The van der Waals surface area contributed by atoms with Gasteiger partial charge in [0.05, 0.1) is 6.10 Å². The van der Waals surface area contributed by atoms with Gasteiger partial charge in [0, 0.05) is 11.0 Å². The first kappa shape index (κ1) is 14.0. The number of aliphatic hydroxyl groups is 1. The number of hydrogen-bond acceptors (Lipinski definition) is 3. The monoisotopic (exact) mass is 301 g/mol. The van der Waals surface area contributed by atoms with Crippen molar-refractivity contribution in [2.75, 3.05) is 13.2 Å². The van der Waals surface area contributed by atoms with Crippen LogP contribution in [0.2, 0.25) is 0 Å². The molecule has 1 aromatic rings. The van der Waals surface area contributed by atoms with Gasteiger partial charge in [-0.15, -0.1) is 0 Å². The van der Waals surface area contributed by atoms with Crippen molar-refractivity contribution in [1.82, 2.24) is 5.32 Å². The minimum absolute atomic E-state index is 0.0176. The molecule has 94 valence electrons. The van der Waals surface area contributed by atoms with Gasteiger partial charge in [0.25, 0.3) is 5.91 Å². The van der Waals surface area contributed by atoms with Crippen LogP contribution >= 0.6 is 15.9 Å². The van der Waals surface area contributed by atoms with Gasteiger partial charge in [0.15, 0.2) is 6.61 Å². The summed E-state index contributed by atoms with van der Waals surface area (Å²) in [5.41, 5.74) is 0. The van der Waals surface area contributed by atoms with Gasteiger partial charge < -0.3 is 15.2 Å². The number of benzene rings is 1. The number of ether oxygens (including phenoxy) is 1. The molecule has 0 saturated carbocycles. The molecule has 1 atom stereocenters. The smallest absolute Gasteiger partial charge is 0.257 e. The minimum atomic E-state index is -0.402. The predicted octanol–water partition coefficient (Wildman–Crippen LogP) is 1.71. The second kappa shape index (κ2) is 7.29. The number of hydrogen-bond donors (Lipinski definition) is 2. The molecule has 4 nitrogen and oxygen atoms in total. The van der Waals surface area contributed by atoms with E-state index in [9.17, 15) is 4.79 Å². The van der Waals surface area contributed by atoms with E-state index in [1.165, 1.54) is 0 Å². The Balaban J connectivity index is 2.24. The number of carbonyl (C=O) groups is 1. The third-order valence-corrected chi connectivity index (χ3v) is 2.54. The largest absolute Gasteiger partial charge is 0.484 e. The third-order valence-electron chi connectivity index (χ3n) is 2.05. The van der Waals surface area contributed by atoms with E-state index >= 15 is 0 Å². The summed E-state index contributed by atoms with van der Waals surface area (Å²) < 4.78 is 6.21. The minimum Gasteiger partial charge on any atom is -0.484 e. The molecular formula is C12H16BrNO3. The first-order valence-electron chi connectivity index (χ1n) is 5.41. The van der Waals surface area contributed by atoms with E-state index in [1.807, 2.05) is 12.1 Å². The Morgan fingerprint density at radius 3 is 3.00 bits per heavy atom. The summed E-state index contributed by atoms with van der Waals surface area (Å²) in [7, 11) is 0. The molecule has 0 aliphatic carbocycles. The fraction of sp³-hybridized carbons (Fsp3) is 0.417. The molecule has 0 saturated heterocycles. The number of nitrogens with one attached hydrogen (secondary N) is 1. The fourth-order valence-electron chi connectivity index (χ4n) is 1.18. The van der Waals surface area contributed by atoms with Gasteiger partial charge in [-0.05, 0) is 31.5 Å². The number of rotatable bonds is 6. The lowest BCUT2D eigenvalue weighted by Crippen LogP contribution is -2.31. The topological polar surface area (TPSA) is 58.6 Å². The Hall–Kier alpha value is -1.07. The molecule has 5 heteroatoms. The summed E-state index contributed by atoms with van der Waals surface area (Å²) in [6.07, 6.45) is 0.143. The fourth-order valence-corrected chi connectivity index (χ4v) is 1.56. The van der Waals surface area contributed by atoms with Gasteiger partial charge in [-0.25, -0.2) is 0 Å². The molecular weight excluding hydrogens is 286 g/mol. The average Bonchev–Trinajstić information content (AvgIpc) is 2.26. The van der Waals surface area contributed by atoms with Crippen LogP contribution in [0.5, 0.6) is 5.75 Å². The summed E-state index contributed by atoms with van der Waals surface area (Å²) in [6, 6.07) is 7.30. The highest BCUT2D eigenvalue weighted by Crippen LogP contribution is 2.17. The van der Waals surface area contributed by atoms with Crippen LogP contribution in [0, 0.1) is 0 Å². The molecule has 0 fully saturated rings. The molecule has 0 aromatic heterocycles. The maximum absolute atomic E-state index is 11.4. The SMILES string of the molecule is CC(O)CCNC(=O)COc1cccc(Br)c1. The quantitative estimate of drug-likeness (QED) is 0.841. The molecule has 1 aromatic carbocycles. The molecule has 17 heavy (non-hydrogen) atoms. The summed E-state index contributed by atoms with van der Waals surface area (Å²) >= 11 is 3.32. The molecule has 0 radical (unpaired) electrons. The zero-order valence-corrected chi connectivity index (χ0v) is 11.2. The first-order chi connectivity index (χ1) is 8.08. The average molecular weight is 302 g/mol. The standard InChI is InChI=1S/C12H16BrNO3/c1-9(15)5-6-14-12(16)8-17-11-4-2-3-10(13)7-11/h2-4,7,9,15H,5-6,8H2,1H3,(H,14,16). The van der Waals surface area contributed by atoms with Crippen molar-refractivity contribution >= 4 is 21.8 Å². The van der Waals surface area contributed by atoms with E-state index in [2.05, 4.69) is 21.2 Å². The maximum Gasteiger partial charge on any atom is 0.257 e. The Morgan fingerprint density at radius 1 is 1.59 bits per heavy atom. The molecule has 0 heterocycles. The Morgan fingerprint density at radius 2 is 2.35 bits per heavy atom. The Bertz CT molecular complexity index is 369. The van der Waals surface area contributed by atoms with Crippen molar-refractivity contribution < 1.29 is 14.6 Å². The van der Waals surface area contributed by atoms with Crippen molar-refractivity contribution in [2.45, 2.75) is 19.4 Å². The number of aliphatic hydroxyl groups excluding tert-OH is 1. The van der Waals surface area contributed by atoms with Crippen LogP contribution in [-0.4, -0.2) is 30.3 Å². The lowest BCUT2D eigenvalue weighted by atomic mass is 10.3. The van der Waals surface area contributed by atoms with Crippen LogP contribution in [0.25, 0.3) is 0 Å². The van der Waals surface area contributed by atoms with E-state index in [1.54, 1.807) is 19.1 Å². The van der Waals surface area contributed by atoms with Crippen molar-refractivity contribution in [3.8, 4) is 5.75 Å². The number of carbonyl (C=O) groups excluding carboxylic acids is 1. The van der Waals surface area contributed by atoms with Crippen molar-refractivity contribution in [1.29, 1.82) is 0 Å². The number of amides is 1. The molecule has 2 N–H and O–H groups in total. The second-order valence-electron chi connectivity index (χ2n) is 3.73. The molecule has 0 spiro atoms. The zero-order chi connectivity index (χ0) is 12.7. The molecule has 1 amide bonds. The van der Waals surface area contributed by atoms with Gasteiger partial charge in [-0.1, -0.05) is 22.0 Å². The van der Waals surface area contributed by atoms with Crippen molar-refractivity contribution in [3.05, 3.63) is 28.7 Å². The summed E-state index contributed by atoms with van der Waals surface area (Å²) in [4.78, 5) is 11.4. The van der Waals surface area contributed by atoms with Gasteiger partial charge in [-0.3, -0.25) is 4.79 Å². The van der Waals surface area contributed by atoms with E-state index in [-0.39, 0.29) is 12.5 Å². The number of halogens is 1. The van der Waals surface area contributed by atoms with Crippen LogP contribution < -0.4 is 10.1 Å². The predicted molar refractivity (Wildman–Crippen MR) is 68.9 cm³/mol. The van der Waals surface area contributed by atoms with Gasteiger partial charge in [0.1, 0.15) is 5.75 Å². The van der Waals surface area contributed by atoms with E-state index < -0.39 is 6.10 Å². The highest BCUT2D eigenvalue weighted by atomic mass is 79.9. The lowest BCUT2D eigenvalue weighted by molar-refractivity contribution is -0.123. The van der Waals surface area contributed by atoms with E-state index in [0.29, 0.717) is 18.7 Å². The van der Waals surface area contributed by atoms with Crippen LogP contribution in [-0.2, 0) is 4.79 Å².